The van der Waals surface area contributed by atoms with Gasteiger partial charge in [0.15, 0.2) is 5.82 Å². The molecule has 2 aromatic carbocycles. The highest BCUT2D eigenvalue weighted by atomic mass is 16.1. The molecule has 2 heterocycles. The minimum Gasteiger partial charge on any atom is -0.322 e. The number of hydrogen-bond donors (Lipinski definition) is 1. The van der Waals surface area contributed by atoms with E-state index < -0.39 is 0 Å². The number of aromatic nitrogens is 5. The van der Waals surface area contributed by atoms with Gasteiger partial charge in [-0.3, -0.25) is 9.69 Å². The number of rotatable bonds is 8. The van der Waals surface area contributed by atoms with Crippen molar-refractivity contribution in [2.45, 2.75) is 78.0 Å². The van der Waals surface area contributed by atoms with Crippen molar-refractivity contribution in [3.05, 3.63) is 87.0 Å². The van der Waals surface area contributed by atoms with Crippen LogP contribution >= 0.6 is 0 Å². The van der Waals surface area contributed by atoms with Gasteiger partial charge in [-0.1, -0.05) is 61.7 Å². The van der Waals surface area contributed by atoms with Crippen LogP contribution in [0.25, 0.3) is 10.9 Å². The van der Waals surface area contributed by atoms with Gasteiger partial charge in [-0.05, 0) is 72.2 Å². The molecule has 1 aliphatic carbocycles. The Balaban J connectivity index is 1.53. The van der Waals surface area contributed by atoms with Gasteiger partial charge in [0, 0.05) is 24.2 Å². The number of nitrogens with zero attached hydrogens (tertiary/aromatic N) is 5. The van der Waals surface area contributed by atoms with Crippen molar-refractivity contribution in [3.63, 3.8) is 0 Å². The number of benzene rings is 2. The lowest BCUT2D eigenvalue weighted by Gasteiger charge is -2.31. The molecule has 2 aromatic heterocycles. The van der Waals surface area contributed by atoms with Crippen molar-refractivity contribution in [2.75, 3.05) is 0 Å². The van der Waals surface area contributed by atoms with Gasteiger partial charge in [-0.2, -0.15) is 0 Å². The minimum atomic E-state index is -0.0396. The van der Waals surface area contributed by atoms with Crippen molar-refractivity contribution in [1.29, 1.82) is 0 Å². The van der Waals surface area contributed by atoms with Gasteiger partial charge in [0.05, 0.1) is 12.1 Å². The maximum atomic E-state index is 13.1. The van der Waals surface area contributed by atoms with Crippen molar-refractivity contribution >= 4 is 10.9 Å². The second-order valence-electron chi connectivity index (χ2n) is 9.95. The first kappa shape index (κ1) is 23.4. The topological polar surface area (TPSA) is 79.7 Å². The first-order valence-electron chi connectivity index (χ1n) is 12.7. The first-order chi connectivity index (χ1) is 17.0. The summed E-state index contributed by atoms with van der Waals surface area (Å²) < 4.78 is 2.05. The fourth-order valence-electron chi connectivity index (χ4n) is 5.33. The summed E-state index contributed by atoms with van der Waals surface area (Å²) >= 11 is 0. The largest absolute Gasteiger partial charge is 0.322 e. The fourth-order valence-corrected chi connectivity index (χ4v) is 5.33. The lowest BCUT2D eigenvalue weighted by Crippen LogP contribution is -2.32. The van der Waals surface area contributed by atoms with E-state index in [2.05, 4.69) is 80.3 Å². The van der Waals surface area contributed by atoms with Crippen LogP contribution in [0.3, 0.4) is 0 Å². The molecule has 35 heavy (non-hydrogen) atoms. The highest BCUT2D eigenvalue weighted by Gasteiger charge is 2.29. The third-order valence-corrected chi connectivity index (χ3v) is 7.27. The van der Waals surface area contributed by atoms with Gasteiger partial charge in [0.2, 0.25) is 0 Å². The van der Waals surface area contributed by atoms with E-state index >= 15 is 0 Å². The summed E-state index contributed by atoms with van der Waals surface area (Å²) in [4.78, 5) is 18.6. The molecule has 1 atom stereocenters. The molecule has 0 saturated heterocycles. The van der Waals surface area contributed by atoms with Crippen LogP contribution < -0.4 is 5.56 Å². The molecule has 1 saturated carbocycles. The number of aromatic amines is 1. The van der Waals surface area contributed by atoms with E-state index in [1.165, 1.54) is 24.0 Å². The van der Waals surface area contributed by atoms with Crippen LogP contribution in [-0.2, 0) is 13.1 Å². The Morgan fingerprint density at radius 1 is 1.03 bits per heavy atom. The first-order valence-corrected chi connectivity index (χ1v) is 12.7. The number of aryl methyl sites for hydroxylation is 2. The number of H-pyrrole nitrogens is 1. The standard InChI is InChI=1S/C28H34N6O/c1-4-26(27-30-31-32-34(27)24-7-5-6-8-24)33(17-21-12-9-19(2)10-13-21)18-23-16-22-14-11-20(3)15-25(22)29-28(23)35/h9-16,24,26H,4-8,17-18H2,1-3H3,(H,29,35)/t26-/m1/s1. The number of fused-ring (bicyclic) bond motifs is 1. The normalized spacial score (nSPS) is 15.3. The van der Waals surface area contributed by atoms with Crippen LogP contribution in [0.1, 0.15) is 79.2 Å². The Bertz CT molecular complexity index is 1350. The third-order valence-electron chi connectivity index (χ3n) is 7.27. The van der Waals surface area contributed by atoms with Crippen LogP contribution in [0, 0.1) is 13.8 Å². The second-order valence-corrected chi connectivity index (χ2v) is 9.95. The molecule has 182 valence electrons. The number of pyridine rings is 1. The summed E-state index contributed by atoms with van der Waals surface area (Å²) in [7, 11) is 0. The summed E-state index contributed by atoms with van der Waals surface area (Å²) in [5.74, 6) is 0.902. The lowest BCUT2D eigenvalue weighted by atomic mass is 10.1. The average Bonchev–Trinajstić information content (AvgIpc) is 3.54. The summed E-state index contributed by atoms with van der Waals surface area (Å²) in [5.41, 5.74) is 5.17. The molecular formula is C28H34N6O. The molecule has 4 aromatic rings. The molecule has 0 aliphatic heterocycles. The minimum absolute atomic E-state index is 0.0000165. The molecular weight excluding hydrogens is 436 g/mol. The number of tetrazole rings is 1. The zero-order valence-electron chi connectivity index (χ0n) is 20.9. The Kier molecular flexibility index (Phi) is 6.77. The van der Waals surface area contributed by atoms with Crippen LogP contribution in [0.4, 0.5) is 0 Å². The van der Waals surface area contributed by atoms with E-state index in [0.29, 0.717) is 19.1 Å². The van der Waals surface area contributed by atoms with Gasteiger partial charge in [0.25, 0.3) is 5.56 Å². The molecule has 1 fully saturated rings. The molecule has 0 unspecified atom stereocenters. The molecule has 1 aliphatic rings. The van der Waals surface area contributed by atoms with E-state index in [0.717, 1.165) is 47.1 Å². The molecule has 0 bridgehead atoms. The molecule has 0 amide bonds. The Labute approximate surface area is 206 Å². The van der Waals surface area contributed by atoms with Crippen LogP contribution in [0.15, 0.2) is 53.3 Å². The summed E-state index contributed by atoms with van der Waals surface area (Å²) in [6.07, 6.45) is 5.54. The Hall–Kier alpha value is -3.32. The summed E-state index contributed by atoms with van der Waals surface area (Å²) in [6.45, 7) is 7.54. The maximum Gasteiger partial charge on any atom is 0.252 e. The highest BCUT2D eigenvalue weighted by Crippen LogP contribution is 2.33. The molecule has 0 spiro atoms. The molecule has 7 heteroatoms. The van der Waals surface area contributed by atoms with E-state index in [4.69, 9.17) is 0 Å². The Morgan fingerprint density at radius 2 is 1.77 bits per heavy atom. The zero-order valence-corrected chi connectivity index (χ0v) is 20.9. The Morgan fingerprint density at radius 3 is 2.51 bits per heavy atom. The second kappa shape index (κ2) is 10.1. The molecule has 7 nitrogen and oxygen atoms in total. The number of nitrogens with one attached hydrogen (secondary N) is 1. The predicted octanol–water partition coefficient (Wildman–Crippen LogP) is 5.40. The smallest absolute Gasteiger partial charge is 0.252 e. The average molecular weight is 471 g/mol. The highest BCUT2D eigenvalue weighted by molar-refractivity contribution is 5.79. The van der Waals surface area contributed by atoms with Crippen molar-refractivity contribution < 1.29 is 0 Å². The third kappa shape index (κ3) is 5.05. The molecule has 5 rings (SSSR count). The van der Waals surface area contributed by atoms with E-state index in [9.17, 15) is 4.79 Å². The monoisotopic (exact) mass is 470 g/mol. The molecule has 0 radical (unpaired) electrons. The van der Waals surface area contributed by atoms with Crippen molar-refractivity contribution in [3.8, 4) is 0 Å². The van der Waals surface area contributed by atoms with Crippen molar-refractivity contribution in [2.24, 2.45) is 0 Å². The summed E-state index contributed by atoms with van der Waals surface area (Å²) in [6, 6.07) is 17.2. The summed E-state index contributed by atoms with van der Waals surface area (Å²) in [5, 5.41) is 14.0. The lowest BCUT2D eigenvalue weighted by molar-refractivity contribution is 0.158. The van der Waals surface area contributed by atoms with E-state index in [-0.39, 0.29) is 11.6 Å². The van der Waals surface area contributed by atoms with Gasteiger partial charge in [-0.15, -0.1) is 5.10 Å². The fraction of sp³-hybridized carbons (Fsp3) is 0.429. The van der Waals surface area contributed by atoms with Crippen LogP contribution in [0.5, 0.6) is 0 Å². The van der Waals surface area contributed by atoms with E-state index in [1.54, 1.807) is 0 Å². The predicted molar refractivity (Wildman–Crippen MR) is 138 cm³/mol. The van der Waals surface area contributed by atoms with E-state index in [1.807, 2.05) is 19.1 Å². The quantitative estimate of drug-likeness (QED) is 0.373. The van der Waals surface area contributed by atoms with Gasteiger partial charge in [-0.25, -0.2) is 4.68 Å². The number of hydrogen-bond acceptors (Lipinski definition) is 5. The van der Waals surface area contributed by atoms with Crippen molar-refractivity contribution in [1.82, 2.24) is 30.1 Å². The molecule has 1 N–H and O–H groups in total. The van der Waals surface area contributed by atoms with Gasteiger partial charge < -0.3 is 4.98 Å². The van der Waals surface area contributed by atoms with Crippen LogP contribution in [-0.4, -0.2) is 30.1 Å². The van der Waals surface area contributed by atoms with Crippen LogP contribution in [0.2, 0.25) is 0 Å². The SMILES string of the molecule is CC[C@H](c1nnnn1C1CCCC1)N(Cc1ccc(C)cc1)Cc1cc2ccc(C)cc2[nH]c1=O. The maximum absolute atomic E-state index is 13.1. The van der Waals surface area contributed by atoms with Gasteiger partial charge >= 0.3 is 0 Å². The van der Waals surface area contributed by atoms with Gasteiger partial charge in [0.1, 0.15) is 0 Å². The zero-order chi connectivity index (χ0) is 24.4.